The van der Waals surface area contributed by atoms with Crippen molar-refractivity contribution in [1.29, 1.82) is 5.26 Å². The predicted octanol–water partition coefficient (Wildman–Crippen LogP) is 0.0302. The third-order valence-electron chi connectivity index (χ3n) is 4.37. The van der Waals surface area contributed by atoms with Gasteiger partial charge in [-0.05, 0) is 19.8 Å². The molecule has 2 atom stereocenters. The van der Waals surface area contributed by atoms with Crippen LogP contribution in [0.3, 0.4) is 0 Å². The van der Waals surface area contributed by atoms with E-state index in [1.807, 2.05) is 0 Å². The number of amides is 2. The summed E-state index contributed by atoms with van der Waals surface area (Å²) in [7, 11) is 0. The first kappa shape index (κ1) is 17.7. The van der Waals surface area contributed by atoms with Gasteiger partial charge < -0.3 is 10.5 Å². The zero-order valence-electron chi connectivity index (χ0n) is 13.4. The number of rotatable bonds is 5. The minimum Gasteiger partial charge on any atom is -0.456 e. The van der Waals surface area contributed by atoms with Crippen LogP contribution in [0, 0.1) is 23.2 Å². The van der Waals surface area contributed by atoms with Crippen LogP contribution in [0.15, 0.2) is 11.3 Å². The van der Waals surface area contributed by atoms with Crippen molar-refractivity contribution in [2.24, 2.45) is 17.6 Å². The minimum absolute atomic E-state index is 0.0347. The van der Waals surface area contributed by atoms with E-state index in [0.29, 0.717) is 12.8 Å². The van der Waals surface area contributed by atoms with Gasteiger partial charge in [-0.15, -0.1) is 0 Å². The van der Waals surface area contributed by atoms with Gasteiger partial charge in [0.2, 0.25) is 17.6 Å². The van der Waals surface area contributed by atoms with Crippen molar-refractivity contribution in [3.63, 3.8) is 0 Å². The van der Waals surface area contributed by atoms with Crippen LogP contribution in [0.2, 0.25) is 0 Å². The summed E-state index contributed by atoms with van der Waals surface area (Å²) < 4.78 is 4.77. The van der Waals surface area contributed by atoms with E-state index in [1.54, 1.807) is 6.07 Å². The third kappa shape index (κ3) is 3.45. The highest BCUT2D eigenvalue weighted by Crippen LogP contribution is 2.37. The number of carbonyl (C=O) groups is 4. The second kappa shape index (κ2) is 7.25. The van der Waals surface area contributed by atoms with Crippen LogP contribution in [0.4, 0.5) is 0 Å². The molecule has 0 aromatic carbocycles. The Hall–Kier alpha value is -2.69. The molecular formula is C16H19N3O5. The molecule has 0 radical (unpaired) electrons. The third-order valence-corrected chi connectivity index (χ3v) is 4.37. The number of nitrogens with zero attached hydrogens (tertiary/aromatic N) is 2. The number of Topliss-reactive ketones (excluding diaryl/α,β-unsaturated/α-hetero) is 1. The fourth-order valence-corrected chi connectivity index (χ4v) is 3.15. The lowest BCUT2D eigenvalue weighted by Gasteiger charge is -2.19. The molecule has 0 unspecified atom stereocenters. The van der Waals surface area contributed by atoms with E-state index in [-0.39, 0.29) is 34.9 Å². The Morgan fingerprint density at radius 3 is 2.25 bits per heavy atom. The van der Waals surface area contributed by atoms with E-state index < -0.39 is 24.9 Å². The lowest BCUT2D eigenvalue weighted by atomic mass is 9.81. The Bertz CT molecular complexity index is 633. The lowest BCUT2D eigenvalue weighted by molar-refractivity contribution is -0.154. The Kier molecular flexibility index (Phi) is 5.34. The number of nitriles is 1. The second-order valence-corrected chi connectivity index (χ2v) is 6.01. The van der Waals surface area contributed by atoms with Gasteiger partial charge in [0.15, 0.2) is 6.61 Å². The molecule has 128 valence electrons. The maximum Gasteiger partial charge on any atom is 0.326 e. The molecule has 1 aliphatic heterocycles. The van der Waals surface area contributed by atoms with Gasteiger partial charge in [0, 0.05) is 5.70 Å². The number of ether oxygens (including phenoxy) is 1. The van der Waals surface area contributed by atoms with Crippen LogP contribution in [0.1, 0.15) is 32.6 Å². The summed E-state index contributed by atoms with van der Waals surface area (Å²) in [6.45, 7) is 0.228. The van der Waals surface area contributed by atoms with Crippen LogP contribution < -0.4 is 5.73 Å². The zero-order valence-corrected chi connectivity index (χ0v) is 13.4. The number of imide groups is 1. The SMILES string of the molecule is C/C(N)=C(/C#N)C(=O)COC(=O)CN1C(=O)[C@@H]2CCCC[C@H]2C1=O. The average molecular weight is 333 g/mol. The van der Waals surface area contributed by atoms with Crippen molar-refractivity contribution in [1.82, 2.24) is 4.90 Å². The molecular weight excluding hydrogens is 314 g/mol. The normalized spacial score (nSPS) is 24.1. The Balaban J connectivity index is 1.92. The van der Waals surface area contributed by atoms with Gasteiger partial charge >= 0.3 is 5.97 Å². The highest BCUT2D eigenvalue weighted by Gasteiger charge is 2.48. The summed E-state index contributed by atoms with van der Waals surface area (Å²) in [5.74, 6) is -2.96. The zero-order chi connectivity index (χ0) is 17.9. The molecule has 2 fully saturated rings. The first-order valence-electron chi connectivity index (χ1n) is 7.77. The number of carbonyl (C=O) groups excluding carboxylic acids is 4. The molecule has 0 aromatic rings. The number of fused-ring (bicyclic) bond motifs is 1. The van der Waals surface area contributed by atoms with Gasteiger partial charge in [0.1, 0.15) is 18.2 Å². The highest BCUT2D eigenvalue weighted by atomic mass is 16.5. The molecule has 0 bridgehead atoms. The number of hydrogen-bond acceptors (Lipinski definition) is 7. The number of ketones is 1. The fourth-order valence-electron chi connectivity index (χ4n) is 3.15. The van der Waals surface area contributed by atoms with E-state index in [9.17, 15) is 19.2 Å². The second-order valence-electron chi connectivity index (χ2n) is 6.01. The number of nitrogens with two attached hydrogens (primary N) is 1. The summed E-state index contributed by atoms with van der Waals surface area (Å²) in [5, 5.41) is 8.80. The van der Waals surface area contributed by atoms with Gasteiger partial charge in [0.05, 0.1) is 11.8 Å². The van der Waals surface area contributed by atoms with Crippen LogP contribution >= 0.6 is 0 Å². The molecule has 1 heterocycles. The van der Waals surface area contributed by atoms with E-state index >= 15 is 0 Å². The maximum atomic E-state index is 12.2. The number of likely N-dealkylation sites (tertiary alicyclic amines) is 1. The molecule has 0 aromatic heterocycles. The van der Waals surface area contributed by atoms with Crippen molar-refractivity contribution < 1.29 is 23.9 Å². The van der Waals surface area contributed by atoms with Crippen molar-refractivity contribution in [3.8, 4) is 6.07 Å². The van der Waals surface area contributed by atoms with Crippen molar-refractivity contribution in [2.75, 3.05) is 13.2 Å². The molecule has 0 spiro atoms. The van der Waals surface area contributed by atoms with Gasteiger partial charge in [-0.2, -0.15) is 5.26 Å². The van der Waals surface area contributed by atoms with Crippen molar-refractivity contribution >= 4 is 23.6 Å². The summed E-state index contributed by atoms with van der Waals surface area (Å²) >= 11 is 0. The molecule has 2 aliphatic rings. The lowest BCUT2D eigenvalue weighted by Crippen LogP contribution is -2.37. The van der Waals surface area contributed by atoms with E-state index in [1.165, 1.54) is 6.92 Å². The maximum absolute atomic E-state index is 12.2. The number of esters is 1. The molecule has 24 heavy (non-hydrogen) atoms. The monoisotopic (exact) mass is 333 g/mol. The predicted molar refractivity (Wildman–Crippen MR) is 80.6 cm³/mol. The van der Waals surface area contributed by atoms with Gasteiger partial charge in [-0.1, -0.05) is 12.8 Å². The number of allylic oxidation sites excluding steroid dienone is 1. The molecule has 1 saturated heterocycles. The molecule has 2 amide bonds. The summed E-state index contributed by atoms with van der Waals surface area (Å²) in [5.41, 5.74) is 5.15. The molecule has 2 N–H and O–H groups in total. The van der Waals surface area contributed by atoms with Crippen molar-refractivity contribution in [2.45, 2.75) is 32.6 Å². The summed E-state index contributed by atoms with van der Waals surface area (Å²) in [6.07, 6.45) is 3.11. The van der Waals surface area contributed by atoms with E-state index in [2.05, 4.69) is 0 Å². The molecule has 2 rings (SSSR count). The van der Waals surface area contributed by atoms with Gasteiger partial charge in [-0.3, -0.25) is 24.1 Å². The molecule has 8 nitrogen and oxygen atoms in total. The average Bonchev–Trinajstić information content (AvgIpc) is 2.79. The van der Waals surface area contributed by atoms with Crippen LogP contribution in [-0.4, -0.2) is 41.6 Å². The first-order chi connectivity index (χ1) is 11.4. The summed E-state index contributed by atoms with van der Waals surface area (Å²) in [6, 6.07) is 1.64. The Labute approximate surface area is 139 Å². The van der Waals surface area contributed by atoms with E-state index in [0.717, 1.165) is 17.7 Å². The highest BCUT2D eigenvalue weighted by molar-refractivity contribution is 6.07. The van der Waals surface area contributed by atoms with Gasteiger partial charge in [-0.25, -0.2) is 0 Å². The topological polar surface area (TPSA) is 131 Å². The molecule has 1 aliphatic carbocycles. The van der Waals surface area contributed by atoms with Gasteiger partial charge in [0.25, 0.3) is 0 Å². The molecule has 8 heteroatoms. The smallest absolute Gasteiger partial charge is 0.326 e. The number of hydrogen-bond donors (Lipinski definition) is 1. The fraction of sp³-hybridized carbons (Fsp3) is 0.562. The standard InChI is InChI=1S/C16H19N3O5/c1-9(18)12(6-17)13(20)8-24-14(21)7-19-15(22)10-4-2-3-5-11(10)16(19)23/h10-11H,2-5,7-8,18H2,1H3/b12-9+/t10-,11-/m1/s1. The van der Waals surface area contributed by atoms with Crippen molar-refractivity contribution in [3.05, 3.63) is 11.3 Å². The summed E-state index contributed by atoms with van der Waals surface area (Å²) in [4.78, 5) is 48.9. The van der Waals surface area contributed by atoms with E-state index in [4.69, 9.17) is 15.7 Å². The van der Waals surface area contributed by atoms with Crippen LogP contribution in [-0.2, 0) is 23.9 Å². The molecule has 1 saturated carbocycles. The Morgan fingerprint density at radius 1 is 1.25 bits per heavy atom. The largest absolute Gasteiger partial charge is 0.456 e. The quantitative estimate of drug-likeness (QED) is 0.325. The first-order valence-corrected chi connectivity index (χ1v) is 7.77. The van der Waals surface area contributed by atoms with Crippen LogP contribution in [0.25, 0.3) is 0 Å². The minimum atomic E-state index is -0.865. The van der Waals surface area contributed by atoms with Crippen LogP contribution in [0.5, 0.6) is 0 Å². The Morgan fingerprint density at radius 2 is 1.79 bits per heavy atom.